The van der Waals surface area contributed by atoms with Crippen molar-refractivity contribution in [2.45, 2.75) is 64.7 Å². The Hall–Kier alpha value is -1.36. The van der Waals surface area contributed by atoms with E-state index < -0.39 is 0 Å². The summed E-state index contributed by atoms with van der Waals surface area (Å²) in [6.07, 6.45) is 10.1. The predicted molar refractivity (Wildman–Crippen MR) is 77.6 cm³/mol. The average Bonchev–Trinajstić information content (AvgIpc) is 2.39. The summed E-state index contributed by atoms with van der Waals surface area (Å²) < 4.78 is 0. The van der Waals surface area contributed by atoms with Crippen molar-refractivity contribution in [3.8, 4) is 35.5 Å². The fourth-order valence-electron chi connectivity index (χ4n) is 1.48. The molecule has 1 heteroatoms. The number of unbranched alkanes of at least 4 members (excludes halogenated alkanes) is 6. The Balaban J connectivity index is 3.33. The van der Waals surface area contributed by atoms with E-state index in [1.165, 1.54) is 38.5 Å². The van der Waals surface area contributed by atoms with Crippen LogP contribution in [0.4, 0.5) is 0 Å². The number of aliphatic hydroxyl groups excluding tert-OH is 1. The van der Waals surface area contributed by atoms with Gasteiger partial charge in [0.05, 0.1) is 12.8 Å². The average molecular weight is 244 g/mol. The summed E-state index contributed by atoms with van der Waals surface area (Å²) in [7, 11) is 0. The van der Waals surface area contributed by atoms with Gasteiger partial charge in [0, 0.05) is 6.42 Å². The van der Waals surface area contributed by atoms with Crippen molar-refractivity contribution in [1.82, 2.24) is 0 Å². The monoisotopic (exact) mass is 244 g/mol. The topological polar surface area (TPSA) is 20.2 Å². The minimum Gasteiger partial charge on any atom is -0.384 e. The number of rotatable bonds is 6. The summed E-state index contributed by atoms with van der Waals surface area (Å²) in [5.74, 6) is 17.4. The summed E-state index contributed by atoms with van der Waals surface area (Å²) in [6.45, 7) is 2.15. The SMILES string of the molecule is CCCCCCCCC#CCC#CCC#CCO. The fraction of sp³-hybridized carbons (Fsp3) is 0.647. The Bertz CT molecular complexity index is 348. The molecular weight excluding hydrogens is 220 g/mol. The van der Waals surface area contributed by atoms with E-state index in [9.17, 15) is 0 Å². The smallest absolute Gasteiger partial charge is 0.104 e. The van der Waals surface area contributed by atoms with Crippen LogP contribution < -0.4 is 0 Å². The molecule has 0 aromatic rings. The third kappa shape index (κ3) is 14.6. The zero-order chi connectivity index (χ0) is 13.3. The first-order chi connectivity index (χ1) is 8.91. The van der Waals surface area contributed by atoms with Crippen molar-refractivity contribution >= 4 is 0 Å². The molecule has 0 amide bonds. The summed E-state index contributed by atoms with van der Waals surface area (Å²) in [6, 6.07) is 0. The Morgan fingerprint density at radius 2 is 1.22 bits per heavy atom. The molecule has 18 heavy (non-hydrogen) atoms. The zero-order valence-electron chi connectivity index (χ0n) is 11.5. The number of aliphatic hydroxyl groups is 1. The molecule has 0 saturated heterocycles. The van der Waals surface area contributed by atoms with E-state index in [4.69, 9.17) is 5.11 Å². The molecule has 1 N–H and O–H groups in total. The lowest BCUT2D eigenvalue weighted by Crippen LogP contribution is -1.77. The molecule has 0 fully saturated rings. The van der Waals surface area contributed by atoms with Crippen LogP contribution in [0.1, 0.15) is 64.7 Å². The summed E-state index contributed by atoms with van der Waals surface area (Å²) in [4.78, 5) is 0. The van der Waals surface area contributed by atoms with Gasteiger partial charge in [-0.15, -0.1) is 5.92 Å². The Labute approximate surface area is 112 Å². The summed E-state index contributed by atoms with van der Waals surface area (Å²) >= 11 is 0. The molecule has 0 rings (SSSR count). The van der Waals surface area contributed by atoms with Crippen LogP contribution in [0.25, 0.3) is 0 Å². The third-order valence-electron chi connectivity index (χ3n) is 2.46. The largest absolute Gasteiger partial charge is 0.384 e. The third-order valence-corrected chi connectivity index (χ3v) is 2.46. The van der Waals surface area contributed by atoms with Gasteiger partial charge in [-0.2, -0.15) is 0 Å². The van der Waals surface area contributed by atoms with Gasteiger partial charge in [-0.3, -0.25) is 0 Å². The van der Waals surface area contributed by atoms with Gasteiger partial charge in [-0.25, -0.2) is 0 Å². The van der Waals surface area contributed by atoms with Crippen LogP contribution in [0.15, 0.2) is 0 Å². The highest BCUT2D eigenvalue weighted by Gasteiger charge is 1.87. The van der Waals surface area contributed by atoms with Gasteiger partial charge >= 0.3 is 0 Å². The van der Waals surface area contributed by atoms with E-state index in [2.05, 4.69) is 42.4 Å². The molecule has 0 bridgehead atoms. The van der Waals surface area contributed by atoms with Gasteiger partial charge in [-0.05, 0) is 6.42 Å². The Morgan fingerprint density at radius 1 is 0.667 bits per heavy atom. The van der Waals surface area contributed by atoms with Crippen LogP contribution in [0, 0.1) is 35.5 Å². The van der Waals surface area contributed by atoms with Gasteiger partial charge in [-0.1, -0.05) is 68.6 Å². The molecule has 0 atom stereocenters. The van der Waals surface area contributed by atoms with Crippen LogP contribution in [0.5, 0.6) is 0 Å². The van der Waals surface area contributed by atoms with Gasteiger partial charge < -0.3 is 5.11 Å². The molecule has 0 aliphatic heterocycles. The highest BCUT2D eigenvalue weighted by molar-refractivity contribution is 5.16. The van der Waals surface area contributed by atoms with E-state index in [1.54, 1.807) is 0 Å². The van der Waals surface area contributed by atoms with E-state index in [0.29, 0.717) is 12.8 Å². The van der Waals surface area contributed by atoms with E-state index in [1.807, 2.05) is 0 Å². The zero-order valence-corrected chi connectivity index (χ0v) is 11.5. The summed E-state index contributed by atoms with van der Waals surface area (Å²) in [5.41, 5.74) is 0. The molecule has 0 aliphatic carbocycles. The van der Waals surface area contributed by atoms with Crippen molar-refractivity contribution in [2.75, 3.05) is 6.61 Å². The maximum absolute atomic E-state index is 8.41. The van der Waals surface area contributed by atoms with Crippen molar-refractivity contribution < 1.29 is 5.11 Å². The first kappa shape index (κ1) is 16.6. The standard InChI is InChI=1S/C17H24O/c1-2-3-4-5-6-7-8-9-10-11-12-13-14-15-16-17-18/h18H,2-8,11,14,17H2,1H3. The highest BCUT2D eigenvalue weighted by atomic mass is 16.2. The predicted octanol–water partition coefficient (Wildman–Crippen LogP) is 3.52. The lowest BCUT2D eigenvalue weighted by Gasteiger charge is -1.96. The Kier molecular flexibility index (Phi) is 14.5. The van der Waals surface area contributed by atoms with E-state index >= 15 is 0 Å². The number of hydrogen-bond donors (Lipinski definition) is 1. The molecule has 98 valence electrons. The molecule has 0 saturated carbocycles. The quantitative estimate of drug-likeness (QED) is 0.560. The molecule has 1 nitrogen and oxygen atoms in total. The van der Waals surface area contributed by atoms with Crippen molar-refractivity contribution in [2.24, 2.45) is 0 Å². The van der Waals surface area contributed by atoms with Gasteiger partial charge in [0.1, 0.15) is 6.61 Å². The minimum atomic E-state index is -0.0836. The lowest BCUT2D eigenvalue weighted by molar-refractivity contribution is 0.350. The second kappa shape index (κ2) is 15.6. The molecule has 0 heterocycles. The van der Waals surface area contributed by atoms with Crippen molar-refractivity contribution in [3.63, 3.8) is 0 Å². The van der Waals surface area contributed by atoms with Crippen molar-refractivity contribution in [1.29, 1.82) is 0 Å². The van der Waals surface area contributed by atoms with Gasteiger partial charge in [0.2, 0.25) is 0 Å². The van der Waals surface area contributed by atoms with Crippen molar-refractivity contribution in [3.05, 3.63) is 0 Å². The molecule has 0 unspecified atom stereocenters. The minimum absolute atomic E-state index is 0.0836. The van der Waals surface area contributed by atoms with E-state index in [-0.39, 0.29) is 6.61 Å². The molecule has 0 aliphatic rings. The molecule has 0 radical (unpaired) electrons. The van der Waals surface area contributed by atoms with Crippen LogP contribution in [-0.2, 0) is 0 Å². The molecule has 0 aromatic heterocycles. The van der Waals surface area contributed by atoms with Crippen LogP contribution in [0.2, 0.25) is 0 Å². The second-order valence-corrected chi connectivity index (χ2v) is 4.09. The maximum Gasteiger partial charge on any atom is 0.104 e. The van der Waals surface area contributed by atoms with E-state index in [0.717, 1.165) is 6.42 Å². The van der Waals surface area contributed by atoms with Crippen LogP contribution in [-0.4, -0.2) is 11.7 Å². The normalized spacial score (nSPS) is 8.33. The number of hydrogen-bond acceptors (Lipinski definition) is 1. The van der Waals surface area contributed by atoms with Crippen LogP contribution in [0.3, 0.4) is 0 Å². The van der Waals surface area contributed by atoms with Gasteiger partial charge in [0.25, 0.3) is 0 Å². The fourth-order valence-corrected chi connectivity index (χ4v) is 1.48. The second-order valence-electron chi connectivity index (χ2n) is 4.09. The van der Waals surface area contributed by atoms with Crippen LogP contribution >= 0.6 is 0 Å². The first-order valence-electron chi connectivity index (χ1n) is 6.89. The lowest BCUT2D eigenvalue weighted by atomic mass is 10.1. The maximum atomic E-state index is 8.41. The molecule has 0 aromatic carbocycles. The molecular formula is C17H24O. The summed E-state index contributed by atoms with van der Waals surface area (Å²) in [5, 5.41) is 8.41. The first-order valence-corrected chi connectivity index (χ1v) is 6.89. The highest BCUT2D eigenvalue weighted by Crippen LogP contribution is 2.05. The van der Waals surface area contributed by atoms with Gasteiger partial charge in [0.15, 0.2) is 0 Å². The Morgan fingerprint density at radius 3 is 1.89 bits per heavy atom. The molecule has 0 spiro atoms.